The number of hydrogen-bond acceptors (Lipinski definition) is 3. The van der Waals surface area contributed by atoms with Gasteiger partial charge >= 0.3 is 0 Å². The Morgan fingerprint density at radius 2 is 2.05 bits per heavy atom. The fourth-order valence-electron chi connectivity index (χ4n) is 2.16. The third-order valence-electron chi connectivity index (χ3n) is 3.31. The monoisotopic (exact) mass is 307 g/mol. The summed E-state index contributed by atoms with van der Waals surface area (Å²) in [5.41, 5.74) is 2.92. The minimum absolute atomic E-state index is 0.124. The molecule has 0 spiro atoms. The molecule has 0 unspecified atom stereocenters. The van der Waals surface area contributed by atoms with Crippen LogP contribution in [0.3, 0.4) is 0 Å². The van der Waals surface area contributed by atoms with E-state index in [2.05, 4.69) is 29.1 Å². The maximum atomic E-state index is 11.4. The lowest BCUT2D eigenvalue weighted by molar-refractivity contribution is 0.598. The highest BCUT2D eigenvalue weighted by Gasteiger charge is 2.10. The molecular weight excluding hydrogens is 286 g/mol. The summed E-state index contributed by atoms with van der Waals surface area (Å²) in [5, 5.41) is 8.42. The Morgan fingerprint density at radius 3 is 2.71 bits per heavy atom. The summed E-state index contributed by atoms with van der Waals surface area (Å²) in [4.78, 5) is 0.124. The highest BCUT2D eigenvalue weighted by molar-refractivity contribution is 7.89. The molecule has 0 radical (unpaired) electrons. The first-order valence-corrected chi connectivity index (χ1v) is 8.47. The summed E-state index contributed by atoms with van der Waals surface area (Å²) in [5.74, 6) is 0. The molecule has 1 heterocycles. The Balaban J connectivity index is 2.12. The molecular formula is C15H21N3O2S. The largest absolute Gasteiger partial charge is 0.381 e. The normalized spacial score (nSPS) is 11.6. The molecule has 114 valence electrons. The summed E-state index contributed by atoms with van der Waals surface area (Å²) >= 11 is 0. The van der Waals surface area contributed by atoms with E-state index in [0.717, 1.165) is 29.8 Å². The predicted octanol–water partition coefficient (Wildman–Crippen LogP) is 2.47. The van der Waals surface area contributed by atoms with Gasteiger partial charge in [0.2, 0.25) is 10.0 Å². The molecule has 6 heteroatoms. The van der Waals surface area contributed by atoms with Gasteiger partial charge in [0.1, 0.15) is 0 Å². The van der Waals surface area contributed by atoms with E-state index in [1.165, 1.54) is 6.07 Å². The number of aryl methyl sites for hydroxylation is 2. The zero-order valence-corrected chi connectivity index (χ0v) is 13.2. The number of sulfonamides is 1. The average molecular weight is 307 g/mol. The highest BCUT2D eigenvalue weighted by Crippen LogP contribution is 2.20. The Morgan fingerprint density at radius 1 is 1.29 bits per heavy atom. The van der Waals surface area contributed by atoms with Crippen LogP contribution in [0, 0.1) is 6.92 Å². The fraction of sp³-hybridized carbons (Fsp3) is 0.333. The van der Waals surface area contributed by atoms with Crippen molar-refractivity contribution in [1.29, 1.82) is 0 Å². The minimum Gasteiger partial charge on any atom is -0.381 e. The quantitative estimate of drug-likeness (QED) is 0.860. The van der Waals surface area contributed by atoms with Gasteiger partial charge < -0.3 is 9.88 Å². The van der Waals surface area contributed by atoms with Crippen LogP contribution >= 0.6 is 0 Å². The lowest BCUT2D eigenvalue weighted by atomic mass is 10.2. The van der Waals surface area contributed by atoms with Crippen LogP contribution < -0.4 is 10.5 Å². The third kappa shape index (κ3) is 4.09. The maximum Gasteiger partial charge on any atom is 0.238 e. The minimum atomic E-state index is -3.67. The van der Waals surface area contributed by atoms with E-state index < -0.39 is 10.0 Å². The second-order valence-electron chi connectivity index (χ2n) is 5.13. The Hall–Kier alpha value is -1.79. The van der Waals surface area contributed by atoms with Gasteiger partial charge in [-0.3, -0.25) is 0 Å². The second kappa shape index (κ2) is 6.32. The molecule has 0 atom stereocenters. The molecule has 0 saturated carbocycles. The molecule has 0 aliphatic carbocycles. The van der Waals surface area contributed by atoms with Crippen LogP contribution in [0.5, 0.6) is 0 Å². The second-order valence-corrected chi connectivity index (χ2v) is 6.69. The molecule has 5 nitrogen and oxygen atoms in total. The number of rotatable bonds is 6. The summed E-state index contributed by atoms with van der Waals surface area (Å²) in [6.45, 7) is 5.71. The first kappa shape index (κ1) is 15.6. The fourth-order valence-corrected chi connectivity index (χ4v) is 2.70. The van der Waals surface area contributed by atoms with Gasteiger partial charge in [-0.2, -0.15) is 0 Å². The number of hydrogen-bond donors (Lipinski definition) is 2. The Kier molecular flexibility index (Phi) is 4.69. The average Bonchev–Trinajstić information content (AvgIpc) is 2.84. The molecule has 2 aromatic rings. The van der Waals surface area contributed by atoms with Crippen molar-refractivity contribution in [2.75, 3.05) is 5.32 Å². The zero-order valence-electron chi connectivity index (χ0n) is 12.3. The Bertz CT molecular complexity index is 720. The SMILES string of the molecule is CCCn1ccc(CNc2cc(S(N)(=O)=O)ccc2C)c1. The van der Waals surface area contributed by atoms with Gasteiger partial charge in [-0.15, -0.1) is 0 Å². The van der Waals surface area contributed by atoms with Crippen molar-refractivity contribution < 1.29 is 8.42 Å². The molecule has 21 heavy (non-hydrogen) atoms. The lowest BCUT2D eigenvalue weighted by Crippen LogP contribution is -2.12. The topological polar surface area (TPSA) is 77.1 Å². The van der Waals surface area contributed by atoms with Crippen LogP contribution in [0.25, 0.3) is 0 Å². The van der Waals surface area contributed by atoms with Gasteiger partial charge in [-0.1, -0.05) is 13.0 Å². The van der Waals surface area contributed by atoms with E-state index in [0.29, 0.717) is 6.54 Å². The van der Waals surface area contributed by atoms with Gasteiger partial charge in [0.25, 0.3) is 0 Å². The van der Waals surface area contributed by atoms with Gasteiger partial charge in [-0.05, 0) is 42.7 Å². The Labute approximate surface area is 125 Å². The highest BCUT2D eigenvalue weighted by atomic mass is 32.2. The first-order chi connectivity index (χ1) is 9.90. The van der Waals surface area contributed by atoms with Crippen LogP contribution in [-0.4, -0.2) is 13.0 Å². The van der Waals surface area contributed by atoms with Crippen molar-refractivity contribution in [2.45, 2.75) is 38.3 Å². The van der Waals surface area contributed by atoms with Crippen molar-refractivity contribution in [2.24, 2.45) is 5.14 Å². The van der Waals surface area contributed by atoms with E-state index >= 15 is 0 Å². The van der Waals surface area contributed by atoms with Crippen LogP contribution in [0.4, 0.5) is 5.69 Å². The zero-order chi connectivity index (χ0) is 15.5. The van der Waals surface area contributed by atoms with E-state index in [4.69, 9.17) is 5.14 Å². The molecule has 3 N–H and O–H groups in total. The van der Waals surface area contributed by atoms with Gasteiger partial charge in [0.05, 0.1) is 4.90 Å². The van der Waals surface area contributed by atoms with Gasteiger partial charge in [0.15, 0.2) is 0 Å². The number of nitrogens with zero attached hydrogens (tertiary/aromatic N) is 1. The molecule has 1 aromatic carbocycles. The number of nitrogens with one attached hydrogen (secondary N) is 1. The molecule has 0 fully saturated rings. The van der Waals surface area contributed by atoms with Crippen LogP contribution in [0.2, 0.25) is 0 Å². The summed E-state index contributed by atoms with van der Waals surface area (Å²) in [6, 6.07) is 6.91. The number of nitrogens with two attached hydrogens (primary N) is 1. The standard InChI is InChI=1S/C15H21N3O2S/c1-3-7-18-8-6-13(11-18)10-17-15-9-14(21(16,19)20)5-4-12(15)2/h4-6,8-9,11,17H,3,7,10H2,1-2H3,(H2,16,19,20). The predicted molar refractivity (Wildman–Crippen MR) is 84.6 cm³/mol. The van der Waals surface area contributed by atoms with Crippen molar-refractivity contribution >= 4 is 15.7 Å². The number of anilines is 1. The maximum absolute atomic E-state index is 11.4. The summed E-state index contributed by atoms with van der Waals surface area (Å²) in [6.07, 6.45) is 5.24. The van der Waals surface area contributed by atoms with Crippen LogP contribution in [-0.2, 0) is 23.1 Å². The third-order valence-corrected chi connectivity index (χ3v) is 4.23. The molecule has 1 aromatic heterocycles. The smallest absolute Gasteiger partial charge is 0.238 e. The first-order valence-electron chi connectivity index (χ1n) is 6.92. The molecule has 0 saturated heterocycles. The van der Waals surface area contributed by atoms with E-state index in [9.17, 15) is 8.42 Å². The summed E-state index contributed by atoms with van der Waals surface area (Å²) < 4.78 is 24.9. The van der Waals surface area contributed by atoms with Crippen LogP contribution in [0.15, 0.2) is 41.6 Å². The molecule has 0 amide bonds. The van der Waals surface area contributed by atoms with Crippen LogP contribution in [0.1, 0.15) is 24.5 Å². The van der Waals surface area contributed by atoms with Gasteiger partial charge in [0, 0.05) is 31.2 Å². The molecule has 0 aliphatic rings. The van der Waals surface area contributed by atoms with E-state index in [1.54, 1.807) is 12.1 Å². The van der Waals surface area contributed by atoms with Crippen molar-refractivity contribution in [3.63, 3.8) is 0 Å². The molecule has 2 rings (SSSR count). The lowest BCUT2D eigenvalue weighted by Gasteiger charge is -2.10. The van der Waals surface area contributed by atoms with Crippen molar-refractivity contribution in [3.8, 4) is 0 Å². The van der Waals surface area contributed by atoms with Crippen molar-refractivity contribution in [1.82, 2.24) is 4.57 Å². The number of aromatic nitrogens is 1. The summed E-state index contributed by atoms with van der Waals surface area (Å²) in [7, 11) is -3.67. The van der Waals surface area contributed by atoms with E-state index in [-0.39, 0.29) is 4.90 Å². The number of primary sulfonamides is 1. The number of benzene rings is 1. The molecule has 0 bridgehead atoms. The van der Waals surface area contributed by atoms with Gasteiger partial charge in [-0.25, -0.2) is 13.6 Å². The van der Waals surface area contributed by atoms with Crippen molar-refractivity contribution in [3.05, 3.63) is 47.8 Å². The van der Waals surface area contributed by atoms with E-state index in [1.807, 2.05) is 13.1 Å². The molecule has 0 aliphatic heterocycles.